The van der Waals surface area contributed by atoms with Gasteiger partial charge in [-0.05, 0) is 24.7 Å². The van der Waals surface area contributed by atoms with Crippen LogP contribution in [-0.4, -0.2) is 63.3 Å². The Hall–Kier alpha value is -0.790. The number of hydrogen-bond acceptors (Lipinski definition) is 6. The van der Waals surface area contributed by atoms with Gasteiger partial charge in [-0.2, -0.15) is 0 Å². The second kappa shape index (κ2) is 10.7. The zero-order valence-electron chi connectivity index (χ0n) is 16.6. The van der Waals surface area contributed by atoms with Gasteiger partial charge in [0, 0.05) is 12.0 Å². The standard InChI is InChI=1S/C21H36O6/c1-3-5-6-7-8-9-14-11-16(23)15(10-13(14)4-2)21-20(26)19(25)18(24)17(12-22)27-21/h10,13-14,17-22,24-26H,3-9,11-12H2,1-2H3/t13?,14?,17-,18-,19+,20-,21+/m1/s1. The number of carbonyl (C=O) groups excluding carboxylic acids is 1. The summed E-state index contributed by atoms with van der Waals surface area (Å²) in [7, 11) is 0. The molecule has 4 N–H and O–H groups in total. The van der Waals surface area contributed by atoms with Crippen molar-refractivity contribution in [3.8, 4) is 0 Å². The molecule has 27 heavy (non-hydrogen) atoms. The molecule has 6 nitrogen and oxygen atoms in total. The van der Waals surface area contributed by atoms with Crippen molar-refractivity contribution >= 4 is 5.78 Å². The highest BCUT2D eigenvalue weighted by atomic mass is 16.5. The van der Waals surface area contributed by atoms with E-state index in [0.717, 1.165) is 19.3 Å². The first-order chi connectivity index (χ1) is 12.9. The van der Waals surface area contributed by atoms with Crippen molar-refractivity contribution < 1.29 is 30.0 Å². The summed E-state index contributed by atoms with van der Waals surface area (Å²) < 4.78 is 5.59. The fourth-order valence-electron chi connectivity index (χ4n) is 4.36. The molecule has 156 valence electrons. The third-order valence-electron chi connectivity index (χ3n) is 6.12. The minimum atomic E-state index is -1.45. The van der Waals surface area contributed by atoms with Gasteiger partial charge in [0.1, 0.15) is 30.5 Å². The molecule has 0 bridgehead atoms. The number of aliphatic hydroxyl groups excluding tert-OH is 4. The quantitative estimate of drug-likeness (QED) is 0.451. The number of hydrogen-bond donors (Lipinski definition) is 4. The van der Waals surface area contributed by atoms with Crippen LogP contribution < -0.4 is 0 Å². The Kier molecular flexibility index (Phi) is 8.89. The highest BCUT2D eigenvalue weighted by Crippen LogP contribution is 2.37. The Bertz CT molecular complexity index is 503. The van der Waals surface area contributed by atoms with Crippen molar-refractivity contribution in [1.82, 2.24) is 0 Å². The van der Waals surface area contributed by atoms with Crippen molar-refractivity contribution in [2.45, 2.75) is 95.7 Å². The molecular formula is C21H36O6. The van der Waals surface area contributed by atoms with E-state index in [1.807, 2.05) is 6.08 Å². The first kappa shape index (κ1) is 22.5. The summed E-state index contributed by atoms with van der Waals surface area (Å²) in [6.07, 6.45) is 4.02. The second-order valence-corrected chi connectivity index (χ2v) is 8.03. The lowest BCUT2D eigenvalue weighted by Gasteiger charge is -2.42. The maximum absolute atomic E-state index is 12.8. The number of aliphatic hydroxyl groups is 4. The van der Waals surface area contributed by atoms with Crippen LogP contribution in [0.15, 0.2) is 11.6 Å². The van der Waals surface area contributed by atoms with E-state index in [4.69, 9.17) is 4.74 Å². The van der Waals surface area contributed by atoms with Crippen molar-refractivity contribution in [1.29, 1.82) is 0 Å². The highest BCUT2D eigenvalue weighted by molar-refractivity contribution is 5.97. The SMILES string of the molecule is CCCCCCCC1CC(=O)C([C@@H]2O[C@H](CO)[C@@H](O)[C@H](O)[C@H]2O)=CC1CC. The number of unbranched alkanes of at least 4 members (excludes halogenated alkanes) is 4. The Morgan fingerprint density at radius 2 is 1.74 bits per heavy atom. The normalized spacial score (nSPS) is 37.3. The molecule has 6 heteroatoms. The lowest BCUT2D eigenvalue weighted by Crippen LogP contribution is -2.59. The molecule has 0 aromatic heterocycles. The molecule has 0 aromatic rings. The van der Waals surface area contributed by atoms with Gasteiger partial charge < -0.3 is 25.2 Å². The molecule has 0 aromatic carbocycles. The zero-order chi connectivity index (χ0) is 20.0. The molecule has 1 aliphatic carbocycles. The van der Waals surface area contributed by atoms with E-state index in [1.165, 1.54) is 25.7 Å². The highest BCUT2D eigenvalue weighted by Gasteiger charge is 2.47. The van der Waals surface area contributed by atoms with Crippen LogP contribution in [0.2, 0.25) is 0 Å². The molecule has 2 unspecified atom stereocenters. The average molecular weight is 385 g/mol. The summed E-state index contributed by atoms with van der Waals surface area (Å²) in [5, 5.41) is 39.7. The average Bonchev–Trinajstić information content (AvgIpc) is 2.67. The molecule has 0 radical (unpaired) electrons. The van der Waals surface area contributed by atoms with Gasteiger partial charge in [0.2, 0.25) is 0 Å². The summed E-state index contributed by atoms with van der Waals surface area (Å²) in [6.45, 7) is 3.80. The first-order valence-corrected chi connectivity index (χ1v) is 10.5. The van der Waals surface area contributed by atoms with E-state index in [2.05, 4.69) is 13.8 Å². The molecule has 0 amide bonds. The summed E-state index contributed by atoms with van der Waals surface area (Å²) in [4.78, 5) is 12.8. The van der Waals surface area contributed by atoms with E-state index < -0.39 is 37.1 Å². The van der Waals surface area contributed by atoms with Crippen LogP contribution in [0, 0.1) is 11.8 Å². The Morgan fingerprint density at radius 1 is 1.04 bits per heavy atom. The van der Waals surface area contributed by atoms with Gasteiger partial charge in [0.15, 0.2) is 5.78 Å². The van der Waals surface area contributed by atoms with E-state index in [9.17, 15) is 25.2 Å². The summed E-state index contributed by atoms with van der Waals surface area (Å²) in [5.74, 6) is 0.469. The summed E-state index contributed by atoms with van der Waals surface area (Å²) in [5.41, 5.74) is 0.376. The molecule has 7 atom stereocenters. The predicted molar refractivity (Wildman–Crippen MR) is 102 cm³/mol. The van der Waals surface area contributed by atoms with Crippen LogP contribution in [0.4, 0.5) is 0 Å². The largest absolute Gasteiger partial charge is 0.394 e. The fourth-order valence-corrected chi connectivity index (χ4v) is 4.36. The zero-order valence-corrected chi connectivity index (χ0v) is 16.6. The number of ketones is 1. The molecule has 1 heterocycles. The Labute approximate surface area is 162 Å². The number of ether oxygens (including phenoxy) is 1. The van der Waals surface area contributed by atoms with Crippen LogP contribution >= 0.6 is 0 Å². The lowest BCUT2D eigenvalue weighted by atomic mass is 9.74. The second-order valence-electron chi connectivity index (χ2n) is 8.03. The van der Waals surface area contributed by atoms with E-state index in [0.29, 0.717) is 17.9 Å². The minimum absolute atomic E-state index is 0.0670. The smallest absolute Gasteiger partial charge is 0.161 e. The van der Waals surface area contributed by atoms with Crippen LogP contribution in [0.25, 0.3) is 0 Å². The fraction of sp³-hybridized carbons (Fsp3) is 0.857. The van der Waals surface area contributed by atoms with Gasteiger partial charge in [0.05, 0.1) is 6.61 Å². The monoisotopic (exact) mass is 384 g/mol. The summed E-state index contributed by atoms with van der Waals surface area (Å²) in [6, 6.07) is 0. The van der Waals surface area contributed by atoms with Gasteiger partial charge in [-0.1, -0.05) is 52.0 Å². The third kappa shape index (κ3) is 5.39. The molecule has 2 rings (SSSR count). The van der Waals surface area contributed by atoms with Crippen molar-refractivity contribution in [2.75, 3.05) is 6.61 Å². The Morgan fingerprint density at radius 3 is 2.37 bits per heavy atom. The third-order valence-corrected chi connectivity index (χ3v) is 6.12. The van der Waals surface area contributed by atoms with E-state index in [-0.39, 0.29) is 11.7 Å². The predicted octanol–water partition coefficient (Wildman–Crippen LogP) is 1.73. The van der Waals surface area contributed by atoms with Crippen molar-refractivity contribution in [2.24, 2.45) is 11.8 Å². The van der Waals surface area contributed by atoms with E-state index >= 15 is 0 Å². The van der Waals surface area contributed by atoms with Gasteiger partial charge in [0.25, 0.3) is 0 Å². The van der Waals surface area contributed by atoms with Crippen LogP contribution in [0.1, 0.15) is 65.2 Å². The first-order valence-electron chi connectivity index (χ1n) is 10.5. The van der Waals surface area contributed by atoms with Gasteiger partial charge in [-0.25, -0.2) is 0 Å². The molecule has 0 saturated carbocycles. The van der Waals surface area contributed by atoms with Crippen LogP contribution in [0.3, 0.4) is 0 Å². The number of rotatable bonds is 9. The molecule has 1 aliphatic heterocycles. The molecule has 2 aliphatic rings. The molecule has 1 saturated heterocycles. The van der Waals surface area contributed by atoms with Crippen molar-refractivity contribution in [3.63, 3.8) is 0 Å². The maximum Gasteiger partial charge on any atom is 0.161 e. The topological polar surface area (TPSA) is 107 Å². The molecule has 1 fully saturated rings. The number of Topliss-reactive ketones (excluding diaryl/α,β-unsaturated/α-hetero) is 1. The van der Waals surface area contributed by atoms with Crippen molar-refractivity contribution in [3.05, 3.63) is 11.6 Å². The van der Waals surface area contributed by atoms with Crippen LogP contribution in [-0.2, 0) is 9.53 Å². The number of carbonyl (C=O) groups is 1. The number of allylic oxidation sites excluding steroid dienone is 1. The van der Waals surface area contributed by atoms with Gasteiger partial charge in [-0.15, -0.1) is 0 Å². The minimum Gasteiger partial charge on any atom is -0.394 e. The van der Waals surface area contributed by atoms with Crippen LogP contribution in [0.5, 0.6) is 0 Å². The molecular weight excluding hydrogens is 348 g/mol. The lowest BCUT2D eigenvalue weighted by molar-refractivity contribution is -0.220. The molecule has 0 spiro atoms. The van der Waals surface area contributed by atoms with E-state index in [1.54, 1.807) is 0 Å². The van der Waals surface area contributed by atoms with Gasteiger partial charge in [-0.3, -0.25) is 4.79 Å². The Balaban J connectivity index is 2.07. The van der Waals surface area contributed by atoms with Gasteiger partial charge >= 0.3 is 0 Å². The maximum atomic E-state index is 12.8. The summed E-state index contributed by atoms with van der Waals surface area (Å²) >= 11 is 0.